The van der Waals surface area contributed by atoms with Crippen LogP contribution in [0.1, 0.15) is 43.4 Å². The van der Waals surface area contributed by atoms with Crippen molar-refractivity contribution in [3.05, 3.63) is 44.8 Å². The molecule has 0 heterocycles. The number of esters is 1. The summed E-state index contributed by atoms with van der Waals surface area (Å²) < 4.78 is 4.86. The standard InChI is InChI=1S/C14H18ClN3O2/c1-3-20-14(19)6-4-5-13(17-18-16)11-7-8-12(15)10(2)9-11/h7-9,13H,3-6H2,1-2H3. The highest BCUT2D eigenvalue weighted by atomic mass is 35.5. The molecule has 1 atom stereocenters. The first-order chi connectivity index (χ1) is 9.58. The largest absolute Gasteiger partial charge is 0.466 e. The zero-order chi connectivity index (χ0) is 15.0. The lowest BCUT2D eigenvalue weighted by atomic mass is 10.00. The van der Waals surface area contributed by atoms with Crippen molar-refractivity contribution >= 4 is 17.6 Å². The molecule has 0 aliphatic carbocycles. The molecule has 1 aromatic carbocycles. The lowest BCUT2D eigenvalue weighted by Crippen LogP contribution is -2.04. The maximum atomic E-state index is 11.3. The number of carbonyl (C=O) groups excluding carboxylic acids is 1. The third-order valence-electron chi connectivity index (χ3n) is 2.92. The average Bonchev–Trinajstić information content (AvgIpc) is 2.41. The Bertz CT molecular complexity index is 513. The molecule has 0 saturated heterocycles. The molecule has 0 fully saturated rings. The molecule has 0 spiro atoms. The van der Waals surface area contributed by atoms with E-state index < -0.39 is 0 Å². The molecular weight excluding hydrogens is 278 g/mol. The van der Waals surface area contributed by atoms with Gasteiger partial charge in [0.15, 0.2) is 0 Å². The number of aryl methyl sites for hydroxylation is 1. The summed E-state index contributed by atoms with van der Waals surface area (Å²) in [5.41, 5.74) is 10.5. The van der Waals surface area contributed by atoms with E-state index in [0.29, 0.717) is 30.9 Å². The summed E-state index contributed by atoms with van der Waals surface area (Å²) in [6.45, 7) is 4.06. The van der Waals surface area contributed by atoms with Crippen LogP contribution >= 0.6 is 11.6 Å². The highest BCUT2D eigenvalue weighted by Crippen LogP contribution is 2.27. The van der Waals surface area contributed by atoms with E-state index >= 15 is 0 Å². The van der Waals surface area contributed by atoms with E-state index in [0.717, 1.165) is 11.1 Å². The van der Waals surface area contributed by atoms with Gasteiger partial charge in [-0.15, -0.1) is 0 Å². The molecule has 1 unspecified atom stereocenters. The van der Waals surface area contributed by atoms with Crippen molar-refractivity contribution in [2.75, 3.05) is 6.61 Å². The van der Waals surface area contributed by atoms with Crippen LogP contribution in [0, 0.1) is 6.92 Å². The molecule has 0 N–H and O–H groups in total. The molecule has 1 rings (SSSR count). The van der Waals surface area contributed by atoms with Gasteiger partial charge in [0.25, 0.3) is 0 Å². The van der Waals surface area contributed by atoms with Crippen LogP contribution in [0.5, 0.6) is 0 Å². The number of hydrogen-bond donors (Lipinski definition) is 0. The van der Waals surface area contributed by atoms with Crippen molar-refractivity contribution in [3.63, 3.8) is 0 Å². The van der Waals surface area contributed by atoms with E-state index in [1.807, 2.05) is 19.1 Å². The molecule has 0 saturated carbocycles. The third-order valence-corrected chi connectivity index (χ3v) is 3.35. The van der Waals surface area contributed by atoms with Crippen molar-refractivity contribution in [2.45, 2.75) is 39.2 Å². The second kappa shape index (κ2) is 8.46. The predicted octanol–water partition coefficient (Wildman–Crippen LogP) is 4.73. The number of benzene rings is 1. The van der Waals surface area contributed by atoms with Crippen LogP contribution in [-0.4, -0.2) is 12.6 Å². The van der Waals surface area contributed by atoms with E-state index in [4.69, 9.17) is 21.9 Å². The summed E-state index contributed by atoms with van der Waals surface area (Å²) >= 11 is 5.98. The van der Waals surface area contributed by atoms with Crippen molar-refractivity contribution in [3.8, 4) is 0 Å². The van der Waals surface area contributed by atoms with Crippen LogP contribution in [0.2, 0.25) is 5.02 Å². The van der Waals surface area contributed by atoms with Crippen LogP contribution in [0.15, 0.2) is 23.3 Å². The van der Waals surface area contributed by atoms with Gasteiger partial charge in [-0.25, -0.2) is 0 Å². The zero-order valence-corrected chi connectivity index (χ0v) is 12.4. The molecular formula is C14H18ClN3O2. The Morgan fingerprint density at radius 3 is 2.90 bits per heavy atom. The Balaban J connectivity index is 2.67. The molecule has 6 heteroatoms. The normalized spacial score (nSPS) is 11.6. The molecule has 20 heavy (non-hydrogen) atoms. The Morgan fingerprint density at radius 2 is 2.30 bits per heavy atom. The summed E-state index contributed by atoms with van der Waals surface area (Å²) in [6.07, 6.45) is 1.55. The fraction of sp³-hybridized carbons (Fsp3) is 0.500. The minimum Gasteiger partial charge on any atom is -0.466 e. The monoisotopic (exact) mass is 295 g/mol. The van der Waals surface area contributed by atoms with Gasteiger partial charge >= 0.3 is 5.97 Å². The maximum absolute atomic E-state index is 11.3. The Kier molecular flexibility index (Phi) is 6.91. The van der Waals surface area contributed by atoms with Crippen LogP contribution in [-0.2, 0) is 9.53 Å². The summed E-state index contributed by atoms with van der Waals surface area (Å²) in [5.74, 6) is -0.223. The number of carbonyl (C=O) groups is 1. The van der Waals surface area contributed by atoms with Crippen molar-refractivity contribution < 1.29 is 9.53 Å². The highest BCUT2D eigenvalue weighted by molar-refractivity contribution is 6.31. The molecule has 1 aromatic rings. The molecule has 0 bridgehead atoms. The Morgan fingerprint density at radius 1 is 1.55 bits per heavy atom. The van der Waals surface area contributed by atoms with E-state index in [9.17, 15) is 4.79 Å². The summed E-state index contributed by atoms with van der Waals surface area (Å²) in [6, 6.07) is 5.26. The molecule has 0 aliphatic rings. The molecule has 0 aliphatic heterocycles. The number of ether oxygens (including phenoxy) is 1. The average molecular weight is 296 g/mol. The number of hydrogen-bond acceptors (Lipinski definition) is 3. The van der Waals surface area contributed by atoms with Crippen LogP contribution in [0.25, 0.3) is 10.4 Å². The van der Waals surface area contributed by atoms with Crippen LogP contribution in [0.4, 0.5) is 0 Å². The molecule has 5 nitrogen and oxygen atoms in total. The van der Waals surface area contributed by atoms with Gasteiger partial charge in [0, 0.05) is 16.4 Å². The van der Waals surface area contributed by atoms with Gasteiger partial charge in [-0.3, -0.25) is 4.79 Å². The molecule has 108 valence electrons. The SMILES string of the molecule is CCOC(=O)CCCC(N=[N+]=[N-])c1ccc(Cl)c(C)c1. The number of nitrogens with zero attached hydrogens (tertiary/aromatic N) is 3. The third kappa shape index (κ3) is 5.11. The first-order valence-electron chi connectivity index (χ1n) is 6.54. The quantitative estimate of drug-likeness (QED) is 0.315. The Hall–Kier alpha value is -1.71. The smallest absolute Gasteiger partial charge is 0.305 e. The summed E-state index contributed by atoms with van der Waals surface area (Å²) in [4.78, 5) is 14.1. The van der Waals surface area contributed by atoms with E-state index in [1.54, 1.807) is 13.0 Å². The predicted molar refractivity (Wildman–Crippen MR) is 78.6 cm³/mol. The minimum atomic E-state index is -0.287. The molecule has 0 aromatic heterocycles. The molecule has 0 amide bonds. The minimum absolute atomic E-state index is 0.223. The van der Waals surface area contributed by atoms with Crippen LogP contribution < -0.4 is 0 Å². The maximum Gasteiger partial charge on any atom is 0.305 e. The molecule has 0 radical (unpaired) electrons. The van der Waals surface area contributed by atoms with Crippen molar-refractivity contribution in [1.82, 2.24) is 0 Å². The number of halogens is 1. The van der Waals surface area contributed by atoms with Gasteiger partial charge in [-0.1, -0.05) is 28.8 Å². The van der Waals surface area contributed by atoms with Gasteiger partial charge in [0.2, 0.25) is 0 Å². The van der Waals surface area contributed by atoms with Gasteiger partial charge in [-0.2, -0.15) is 0 Å². The Labute approximate surface area is 123 Å². The van der Waals surface area contributed by atoms with Crippen molar-refractivity contribution in [1.29, 1.82) is 0 Å². The van der Waals surface area contributed by atoms with Gasteiger partial charge in [0.05, 0.1) is 12.6 Å². The van der Waals surface area contributed by atoms with E-state index in [2.05, 4.69) is 10.0 Å². The second-order valence-electron chi connectivity index (χ2n) is 4.43. The zero-order valence-electron chi connectivity index (χ0n) is 11.7. The van der Waals surface area contributed by atoms with Crippen molar-refractivity contribution in [2.24, 2.45) is 5.11 Å². The van der Waals surface area contributed by atoms with Gasteiger partial charge in [-0.05, 0) is 49.4 Å². The fourth-order valence-corrected chi connectivity index (χ4v) is 2.02. The summed E-state index contributed by atoms with van der Waals surface area (Å²) in [5, 5.41) is 4.47. The lowest BCUT2D eigenvalue weighted by molar-refractivity contribution is -0.143. The number of azide groups is 1. The first-order valence-corrected chi connectivity index (χ1v) is 6.92. The fourth-order valence-electron chi connectivity index (χ4n) is 1.90. The first kappa shape index (κ1) is 16.3. The van der Waals surface area contributed by atoms with Gasteiger partial charge in [0.1, 0.15) is 0 Å². The highest BCUT2D eigenvalue weighted by Gasteiger charge is 2.12. The topological polar surface area (TPSA) is 75.1 Å². The van der Waals surface area contributed by atoms with Crippen LogP contribution in [0.3, 0.4) is 0 Å². The summed E-state index contributed by atoms with van der Waals surface area (Å²) in [7, 11) is 0. The number of rotatable bonds is 7. The van der Waals surface area contributed by atoms with E-state index in [-0.39, 0.29) is 12.0 Å². The van der Waals surface area contributed by atoms with E-state index in [1.165, 1.54) is 0 Å². The van der Waals surface area contributed by atoms with Gasteiger partial charge < -0.3 is 4.74 Å². The lowest BCUT2D eigenvalue weighted by Gasteiger charge is -2.12. The second-order valence-corrected chi connectivity index (χ2v) is 4.83.